The molecule has 2 unspecified atom stereocenters. The van der Waals surface area contributed by atoms with Crippen LogP contribution in [0.15, 0.2) is 30.3 Å². The summed E-state index contributed by atoms with van der Waals surface area (Å²) < 4.78 is 31.8. The summed E-state index contributed by atoms with van der Waals surface area (Å²) in [6.45, 7) is 9.87. The van der Waals surface area contributed by atoms with Gasteiger partial charge in [-0.05, 0) is 74.6 Å². The highest BCUT2D eigenvalue weighted by Gasteiger charge is 2.35. The van der Waals surface area contributed by atoms with Gasteiger partial charge in [0.2, 0.25) is 10.0 Å². The number of carbonyl (C=O) groups excluding carboxylic acids is 1. The SMILES string of the molecule is Cc1ccc2c(c1)N(S(C)(=O)=O)CC(C(=O)NC(C)c1cc(C)c(C)cc1C)O2. The molecule has 1 aliphatic rings. The Hall–Kier alpha value is -2.54. The third-order valence-electron chi connectivity index (χ3n) is 5.38. The molecule has 6 nitrogen and oxygen atoms in total. The molecule has 0 aliphatic carbocycles. The van der Waals surface area contributed by atoms with Crippen LogP contribution in [0.2, 0.25) is 0 Å². The lowest BCUT2D eigenvalue weighted by molar-refractivity contribution is -0.128. The number of rotatable bonds is 4. The summed E-state index contributed by atoms with van der Waals surface area (Å²) in [6, 6.07) is 9.26. The first-order chi connectivity index (χ1) is 13.5. The zero-order chi connectivity index (χ0) is 21.5. The van der Waals surface area contributed by atoms with Gasteiger partial charge in [0, 0.05) is 0 Å². The van der Waals surface area contributed by atoms with Gasteiger partial charge < -0.3 is 10.1 Å². The van der Waals surface area contributed by atoms with Crippen molar-refractivity contribution in [2.24, 2.45) is 0 Å². The Bertz CT molecular complexity index is 1060. The van der Waals surface area contributed by atoms with Crippen molar-refractivity contribution in [2.45, 2.75) is 46.8 Å². The molecule has 1 aliphatic heterocycles. The van der Waals surface area contributed by atoms with E-state index >= 15 is 0 Å². The number of fused-ring (bicyclic) bond motifs is 1. The van der Waals surface area contributed by atoms with Crippen LogP contribution >= 0.6 is 0 Å². The van der Waals surface area contributed by atoms with E-state index in [-0.39, 0.29) is 18.5 Å². The highest BCUT2D eigenvalue weighted by atomic mass is 32.2. The molecule has 1 N–H and O–H groups in total. The van der Waals surface area contributed by atoms with Crippen LogP contribution in [0.1, 0.15) is 40.8 Å². The molecule has 3 rings (SSSR count). The van der Waals surface area contributed by atoms with E-state index in [1.54, 1.807) is 12.1 Å². The fraction of sp³-hybridized carbons (Fsp3) is 0.409. The van der Waals surface area contributed by atoms with Crippen molar-refractivity contribution >= 4 is 21.6 Å². The van der Waals surface area contributed by atoms with Gasteiger partial charge in [0.15, 0.2) is 6.10 Å². The van der Waals surface area contributed by atoms with E-state index in [4.69, 9.17) is 4.74 Å². The molecule has 1 heterocycles. The number of hydrogen-bond acceptors (Lipinski definition) is 4. The maximum Gasteiger partial charge on any atom is 0.263 e. The quantitative estimate of drug-likeness (QED) is 0.830. The average Bonchev–Trinajstić information content (AvgIpc) is 2.62. The predicted octanol–water partition coefficient (Wildman–Crippen LogP) is 3.32. The Morgan fingerprint density at radius 1 is 1.10 bits per heavy atom. The van der Waals surface area contributed by atoms with Crippen molar-refractivity contribution in [1.82, 2.24) is 5.32 Å². The number of hydrogen-bond donors (Lipinski definition) is 1. The molecule has 156 valence electrons. The third kappa shape index (κ3) is 4.40. The summed E-state index contributed by atoms with van der Waals surface area (Å²) in [6.07, 6.45) is 0.217. The largest absolute Gasteiger partial charge is 0.476 e. The Kier molecular flexibility index (Phi) is 5.63. The summed E-state index contributed by atoms with van der Waals surface area (Å²) >= 11 is 0. The molecule has 0 saturated heterocycles. The molecule has 0 radical (unpaired) electrons. The van der Waals surface area contributed by atoms with E-state index in [9.17, 15) is 13.2 Å². The molecule has 2 aromatic carbocycles. The molecule has 0 aromatic heterocycles. The minimum absolute atomic E-state index is 0.0558. The smallest absolute Gasteiger partial charge is 0.263 e. The Morgan fingerprint density at radius 3 is 2.41 bits per heavy atom. The third-order valence-corrected chi connectivity index (χ3v) is 6.53. The highest BCUT2D eigenvalue weighted by molar-refractivity contribution is 7.92. The number of amides is 1. The number of anilines is 1. The molecule has 7 heteroatoms. The summed E-state index contributed by atoms with van der Waals surface area (Å²) in [4.78, 5) is 12.9. The van der Waals surface area contributed by atoms with Gasteiger partial charge in [-0.2, -0.15) is 0 Å². The van der Waals surface area contributed by atoms with Crippen LogP contribution < -0.4 is 14.4 Å². The normalized spacial score (nSPS) is 17.3. The van der Waals surface area contributed by atoms with Gasteiger partial charge in [0.25, 0.3) is 5.91 Å². The molecule has 2 aromatic rings. The first kappa shape index (κ1) is 21.2. The minimum Gasteiger partial charge on any atom is -0.476 e. The van der Waals surface area contributed by atoms with Crippen LogP contribution in [-0.4, -0.2) is 33.2 Å². The second-order valence-corrected chi connectivity index (χ2v) is 9.80. The maximum atomic E-state index is 12.9. The van der Waals surface area contributed by atoms with Crippen molar-refractivity contribution < 1.29 is 17.9 Å². The van der Waals surface area contributed by atoms with Crippen LogP contribution in [0.5, 0.6) is 5.75 Å². The van der Waals surface area contributed by atoms with E-state index in [2.05, 4.69) is 24.4 Å². The number of carbonyl (C=O) groups is 1. The zero-order valence-corrected chi connectivity index (χ0v) is 18.6. The lowest BCUT2D eigenvalue weighted by atomic mass is 9.96. The van der Waals surface area contributed by atoms with Gasteiger partial charge in [-0.1, -0.05) is 18.2 Å². The minimum atomic E-state index is -3.55. The molecule has 2 atom stereocenters. The van der Waals surface area contributed by atoms with Gasteiger partial charge in [-0.3, -0.25) is 9.10 Å². The molecular weight excluding hydrogens is 388 g/mol. The summed E-state index contributed by atoms with van der Waals surface area (Å²) in [5, 5.41) is 2.98. The number of nitrogens with zero attached hydrogens (tertiary/aromatic N) is 1. The fourth-order valence-electron chi connectivity index (χ4n) is 3.65. The van der Waals surface area contributed by atoms with Crippen molar-refractivity contribution in [3.05, 3.63) is 58.1 Å². The fourth-order valence-corrected chi connectivity index (χ4v) is 4.55. The van der Waals surface area contributed by atoms with Crippen molar-refractivity contribution in [2.75, 3.05) is 17.1 Å². The van der Waals surface area contributed by atoms with Crippen molar-refractivity contribution in [3.63, 3.8) is 0 Å². The second-order valence-electron chi connectivity index (χ2n) is 7.90. The number of aryl methyl sites for hydroxylation is 4. The van der Waals surface area contributed by atoms with Gasteiger partial charge in [0.1, 0.15) is 5.75 Å². The van der Waals surface area contributed by atoms with Crippen LogP contribution in [0.25, 0.3) is 0 Å². The van der Waals surface area contributed by atoms with Crippen LogP contribution in [-0.2, 0) is 14.8 Å². The number of ether oxygens (including phenoxy) is 1. The first-order valence-corrected chi connectivity index (χ1v) is 11.5. The molecular formula is C22H28N2O4S. The van der Waals surface area contributed by atoms with E-state index in [1.165, 1.54) is 9.87 Å². The van der Waals surface area contributed by atoms with E-state index in [0.29, 0.717) is 11.4 Å². The van der Waals surface area contributed by atoms with E-state index in [1.807, 2.05) is 33.8 Å². The summed E-state index contributed by atoms with van der Waals surface area (Å²) in [7, 11) is -3.55. The molecule has 1 amide bonds. The Balaban J connectivity index is 1.85. The van der Waals surface area contributed by atoms with Gasteiger partial charge in [0.05, 0.1) is 24.5 Å². The van der Waals surface area contributed by atoms with Gasteiger partial charge >= 0.3 is 0 Å². The maximum absolute atomic E-state index is 12.9. The highest BCUT2D eigenvalue weighted by Crippen LogP contribution is 2.36. The topological polar surface area (TPSA) is 75.7 Å². The summed E-state index contributed by atoms with van der Waals surface area (Å²) in [5.74, 6) is 0.0532. The molecule has 29 heavy (non-hydrogen) atoms. The standard InChI is InChI=1S/C22H28N2O4S/c1-13-7-8-20-19(9-13)24(29(6,26)27)12-21(28-20)22(25)23-17(5)18-11-15(3)14(2)10-16(18)4/h7-11,17,21H,12H2,1-6H3,(H,23,25). The van der Waals surface area contributed by atoms with Crippen LogP contribution in [0, 0.1) is 27.7 Å². The van der Waals surface area contributed by atoms with Crippen molar-refractivity contribution in [1.29, 1.82) is 0 Å². The lowest BCUT2D eigenvalue weighted by Gasteiger charge is -2.34. The number of sulfonamides is 1. The molecule has 0 saturated carbocycles. The monoisotopic (exact) mass is 416 g/mol. The Labute approximate surface area is 172 Å². The van der Waals surface area contributed by atoms with E-state index in [0.717, 1.165) is 28.5 Å². The van der Waals surface area contributed by atoms with Crippen molar-refractivity contribution in [3.8, 4) is 5.75 Å². The molecule has 0 spiro atoms. The lowest BCUT2D eigenvalue weighted by Crippen LogP contribution is -2.50. The molecule has 0 fully saturated rings. The number of benzene rings is 2. The van der Waals surface area contributed by atoms with Gasteiger partial charge in [-0.15, -0.1) is 0 Å². The first-order valence-electron chi connectivity index (χ1n) is 9.60. The average molecular weight is 417 g/mol. The zero-order valence-electron chi connectivity index (χ0n) is 17.7. The number of nitrogens with one attached hydrogen (secondary N) is 1. The summed E-state index contributed by atoms with van der Waals surface area (Å²) in [5.41, 5.74) is 5.89. The second kappa shape index (κ2) is 7.71. The van der Waals surface area contributed by atoms with Crippen LogP contribution in [0.4, 0.5) is 5.69 Å². The Morgan fingerprint density at radius 2 is 1.76 bits per heavy atom. The van der Waals surface area contributed by atoms with Crippen LogP contribution in [0.3, 0.4) is 0 Å². The van der Waals surface area contributed by atoms with Gasteiger partial charge in [-0.25, -0.2) is 8.42 Å². The predicted molar refractivity (Wildman–Crippen MR) is 115 cm³/mol. The molecule has 0 bridgehead atoms. The van der Waals surface area contributed by atoms with E-state index < -0.39 is 16.1 Å².